The van der Waals surface area contributed by atoms with Crippen molar-refractivity contribution in [3.05, 3.63) is 68.7 Å². The van der Waals surface area contributed by atoms with Crippen LogP contribution in [0.2, 0.25) is 5.02 Å². The Morgan fingerprint density at radius 2 is 1.60 bits per heavy atom. The van der Waals surface area contributed by atoms with Crippen molar-refractivity contribution >= 4 is 39.1 Å². The molecular weight excluding hydrogens is 355 g/mol. The van der Waals surface area contributed by atoms with Gasteiger partial charge in [-0.3, -0.25) is 0 Å². The van der Waals surface area contributed by atoms with Crippen molar-refractivity contribution in [2.24, 2.45) is 0 Å². The molecule has 1 atom stereocenters. The smallest absolute Gasteiger partial charge is 0.0850 e. The topological polar surface area (TPSA) is 0 Å². The van der Waals surface area contributed by atoms with E-state index in [0.717, 1.165) is 15.6 Å². The minimum Gasteiger partial charge on any atom is -0.113 e. The predicted molar refractivity (Wildman–Crippen MR) is 92.0 cm³/mol. The summed E-state index contributed by atoms with van der Waals surface area (Å²) in [6, 6.07) is 14.2. The summed E-state index contributed by atoms with van der Waals surface area (Å²) in [5.41, 5.74) is 3.42. The summed E-state index contributed by atoms with van der Waals surface area (Å²) in [6.07, 6.45) is 0. The third-order valence-corrected chi connectivity index (χ3v) is 4.62. The van der Waals surface area contributed by atoms with Gasteiger partial charge in [-0.05, 0) is 40.3 Å². The highest BCUT2D eigenvalue weighted by Gasteiger charge is 2.17. The highest BCUT2D eigenvalue weighted by atomic mass is 79.9. The molecule has 0 saturated carbocycles. The van der Waals surface area contributed by atoms with Gasteiger partial charge in [-0.1, -0.05) is 72.6 Å². The van der Waals surface area contributed by atoms with Gasteiger partial charge in [0.2, 0.25) is 0 Å². The molecule has 3 heteroatoms. The Hall–Kier alpha value is -0.500. The van der Waals surface area contributed by atoms with Crippen LogP contribution >= 0.6 is 39.1 Å². The quantitative estimate of drug-likeness (QED) is 0.513. The average Bonchev–Trinajstić information content (AvgIpc) is 2.40. The second-order valence-electron chi connectivity index (χ2n) is 5.90. The molecule has 0 aromatic heterocycles. The van der Waals surface area contributed by atoms with Gasteiger partial charge in [0.05, 0.1) is 5.38 Å². The molecule has 0 amide bonds. The zero-order chi connectivity index (χ0) is 14.9. The first-order valence-electron chi connectivity index (χ1n) is 6.48. The maximum atomic E-state index is 6.57. The van der Waals surface area contributed by atoms with E-state index in [9.17, 15) is 0 Å². The van der Waals surface area contributed by atoms with Gasteiger partial charge in [-0.25, -0.2) is 0 Å². The molecule has 2 aromatic rings. The Morgan fingerprint density at radius 3 is 2.15 bits per heavy atom. The zero-order valence-electron chi connectivity index (χ0n) is 11.8. The minimum atomic E-state index is -0.242. The first kappa shape index (κ1) is 15.9. The van der Waals surface area contributed by atoms with Gasteiger partial charge < -0.3 is 0 Å². The molecule has 20 heavy (non-hydrogen) atoms. The molecule has 0 saturated heterocycles. The van der Waals surface area contributed by atoms with Gasteiger partial charge in [0.1, 0.15) is 0 Å². The minimum absolute atomic E-state index is 0.147. The van der Waals surface area contributed by atoms with Gasteiger partial charge in [0, 0.05) is 9.50 Å². The van der Waals surface area contributed by atoms with Crippen molar-refractivity contribution < 1.29 is 0 Å². The van der Waals surface area contributed by atoms with E-state index < -0.39 is 0 Å². The van der Waals surface area contributed by atoms with Crippen molar-refractivity contribution in [1.82, 2.24) is 0 Å². The maximum absolute atomic E-state index is 6.57. The van der Waals surface area contributed by atoms with Crippen molar-refractivity contribution in [2.75, 3.05) is 0 Å². The van der Waals surface area contributed by atoms with Gasteiger partial charge in [-0.15, -0.1) is 11.6 Å². The molecule has 0 aliphatic rings. The van der Waals surface area contributed by atoms with Crippen LogP contribution in [0.5, 0.6) is 0 Å². The summed E-state index contributed by atoms with van der Waals surface area (Å²) in [7, 11) is 0. The molecule has 1 unspecified atom stereocenters. The van der Waals surface area contributed by atoms with E-state index in [1.807, 2.05) is 18.2 Å². The Morgan fingerprint density at radius 1 is 1.00 bits per heavy atom. The Kier molecular flexibility index (Phi) is 4.84. The van der Waals surface area contributed by atoms with Gasteiger partial charge in [0.25, 0.3) is 0 Å². The van der Waals surface area contributed by atoms with Crippen molar-refractivity contribution in [1.29, 1.82) is 0 Å². The van der Waals surface area contributed by atoms with Crippen LogP contribution in [0.25, 0.3) is 0 Å². The number of rotatable bonds is 2. The third kappa shape index (κ3) is 3.58. The van der Waals surface area contributed by atoms with E-state index in [1.54, 1.807) is 0 Å². The molecule has 0 radical (unpaired) electrons. The molecule has 2 aromatic carbocycles. The summed E-state index contributed by atoms with van der Waals surface area (Å²) >= 11 is 16.3. The molecule has 106 valence electrons. The molecule has 0 N–H and O–H groups in total. The first-order chi connectivity index (χ1) is 9.29. The fourth-order valence-electron chi connectivity index (χ4n) is 2.04. The lowest BCUT2D eigenvalue weighted by Gasteiger charge is -2.20. The fraction of sp³-hybridized carbons (Fsp3) is 0.294. The number of alkyl halides is 1. The third-order valence-electron chi connectivity index (χ3n) is 3.30. The summed E-state index contributed by atoms with van der Waals surface area (Å²) in [5, 5.41) is 0.446. The molecule has 0 aliphatic heterocycles. The van der Waals surface area contributed by atoms with Crippen LogP contribution in [0.4, 0.5) is 0 Å². The van der Waals surface area contributed by atoms with Gasteiger partial charge >= 0.3 is 0 Å². The molecule has 0 aliphatic carbocycles. The normalized spacial score (nSPS) is 13.3. The van der Waals surface area contributed by atoms with E-state index >= 15 is 0 Å². The number of hydrogen-bond donors (Lipinski definition) is 0. The highest BCUT2D eigenvalue weighted by Crippen LogP contribution is 2.36. The monoisotopic (exact) mass is 370 g/mol. The lowest BCUT2D eigenvalue weighted by molar-refractivity contribution is 0.590. The van der Waals surface area contributed by atoms with Crippen LogP contribution in [0.15, 0.2) is 46.9 Å². The molecule has 0 nitrogen and oxygen atoms in total. The molecule has 2 rings (SSSR count). The average molecular weight is 372 g/mol. The Labute approximate surface area is 139 Å². The zero-order valence-corrected chi connectivity index (χ0v) is 14.9. The second kappa shape index (κ2) is 6.09. The molecular formula is C17H17BrCl2. The summed E-state index contributed by atoms with van der Waals surface area (Å²) in [5.74, 6) is 0. The van der Waals surface area contributed by atoms with Gasteiger partial charge in [-0.2, -0.15) is 0 Å². The Bertz CT molecular complexity index is 597. The lowest BCUT2D eigenvalue weighted by Crippen LogP contribution is -2.10. The van der Waals surface area contributed by atoms with Crippen LogP contribution in [-0.2, 0) is 5.41 Å². The fourth-order valence-corrected chi connectivity index (χ4v) is 3.03. The number of halogens is 3. The number of hydrogen-bond acceptors (Lipinski definition) is 0. The predicted octanol–water partition coefficient (Wildman–Crippen LogP) is 6.73. The van der Waals surface area contributed by atoms with Crippen molar-refractivity contribution in [3.8, 4) is 0 Å². The largest absolute Gasteiger partial charge is 0.113 e. The van der Waals surface area contributed by atoms with E-state index in [4.69, 9.17) is 23.2 Å². The summed E-state index contributed by atoms with van der Waals surface area (Å²) in [6.45, 7) is 6.60. The molecule has 0 spiro atoms. The molecule has 0 heterocycles. The van der Waals surface area contributed by atoms with Crippen LogP contribution in [0, 0.1) is 0 Å². The van der Waals surface area contributed by atoms with Crippen LogP contribution in [-0.4, -0.2) is 0 Å². The first-order valence-corrected chi connectivity index (χ1v) is 8.09. The van der Waals surface area contributed by atoms with Gasteiger partial charge in [0.15, 0.2) is 0 Å². The van der Waals surface area contributed by atoms with Crippen LogP contribution < -0.4 is 0 Å². The lowest BCUT2D eigenvalue weighted by atomic mass is 9.86. The van der Waals surface area contributed by atoms with E-state index in [-0.39, 0.29) is 10.8 Å². The van der Waals surface area contributed by atoms with E-state index in [1.165, 1.54) is 5.56 Å². The molecule has 0 fully saturated rings. The maximum Gasteiger partial charge on any atom is 0.0850 e. The second-order valence-corrected chi connectivity index (χ2v) is 7.66. The molecule has 0 bridgehead atoms. The van der Waals surface area contributed by atoms with Crippen molar-refractivity contribution in [3.63, 3.8) is 0 Å². The summed E-state index contributed by atoms with van der Waals surface area (Å²) < 4.78 is 0.980. The van der Waals surface area contributed by atoms with Crippen molar-refractivity contribution in [2.45, 2.75) is 31.6 Å². The van der Waals surface area contributed by atoms with E-state index in [0.29, 0.717) is 5.02 Å². The van der Waals surface area contributed by atoms with Crippen LogP contribution in [0.3, 0.4) is 0 Å². The number of benzene rings is 2. The van der Waals surface area contributed by atoms with Crippen LogP contribution in [0.1, 0.15) is 42.8 Å². The Balaban J connectivity index is 2.34. The SMILES string of the molecule is CC(C)(C)c1ccc(C(Cl)c2cc(Br)ccc2Cl)cc1. The standard InChI is InChI=1S/C17H17BrCl2/c1-17(2,3)12-6-4-11(5-7-12)16(20)14-10-13(18)8-9-15(14)19/h4-10,16H,1-3H3. The van der Waals surface area contributed by atoms with E-state index in [2.05, 4.69) is 61.0 Å². The highest BCUT2D eigenvalue weighted by molar-refractivity contribution is 9.10. The summed E-state index contributed by atoms with van der Waals surface area (Å²) in [4.78, 5) is 0.